The zero-order valence-corrected chi connectivity index (χ0v) is 18.7. The zero-order valence-electron chi connectivity index (χ0n) is 18.7. The number of carbonyl (C=O) groups excluding carboxylic acids is 1. The van der Waals surface area contributed by atoms with Crippen molar-refractivity contribution < 1.29 is 4.79 Å². The van der Waals surface area contributed by atoms with Crippen molar-refractivity contribution in [2.45, 2.75) is 39.3 Å². The molecule has 1 amide bonds. The molecule has 0 atom stereocenters. The summed E-state index contributed by atoms with van der Waals surface area (Å²) in [5.74, 6) is 0.911. The molecule has 33 heavy (non-hydrogen) atoms. The SMILES string of the molecule is CCC(=O)N1CCc2c(nc(Cc3ccccc3)nc2-c2ccn(Cc3cccnc3)n2)C1. The normalized spacial score (nSPS) is 13.1. The van der Waals surface area contributed by atoms with Crippen molar-refractivity contribution >= 4 is 5.91 Å². The summed E-state index contributed by atoms with van der Waals surface area (Å²) in [4.78, 5) is 28.3. The fraction of sp³-hybridized carbons (Fsp3) is 0.269. The molecular formula is C26H26N6O. The van der Waals surface area contributed by atoms with Crippen LogP contribution in [0.4, 0.5) is 0 Å². The lowest BCUT2D eigenvalue weighted by Gasteiger charge is -2.29. The Morgan fingerprint density at radius 1 is 1.03 bits per heavy atom. The molecular weight excluding hydrogens is 412 g/mol. The van der Waals surface area contributed by atoms with E-state index in [9.17, 15) is 4.79 Å². The maximum absolute atomic E-state index is 12.3. The molecule has 166 valence electrons. The third-order valence-corrected chi connectivity index (χ3v) is 5.92. The Labute approximate surface area is 193 Å². The van der Waals surface area contributed by atoms with Gasteiger partial charge in [-0.25, -0.2) is 9.97 Å². The molecule has 4 aromatic rings. The molecule has 0 saturated carbocycles. The topological polar surface area (TPSA) is 76.8 Å². The van der Waals surface area contributed by atoms with Crippen LogP contribution >= 0.6 is 0 Å². The second-order valence-electron chi connectivity index (χ2n) is 8.25. The van der Waals surface area contributed by atoms with Crippen LogP contribution in [0.3, 0.4) is 0 Å². The van der Waals surface area contributed by atoms with Gasteiger partial charge in [-0.15, -0.1) is 0 Å². The number of pyridine rings is 1. The molecule has 1 aliphatic heterocycles. The van der Waals surface area contributed by atoms with Gasteiger partial charge in [-0.05, 0) is 29.7 Å². The molecule has 0 saturated heterocycles. The van der Waals surface area contributed by atoms with Gasteiger partial charge in [0.25, 0.3) is 0 Å². The number of hydrogen-bond donors (Lipinski definition) is 0. The Morgan fingerprint density at radius 2 is 1.88 bits per heavy atom. The van der Waals surface area contributed by atoms with Crippen molar-refractivity contribution in [2.75, 3.05) is 6.54 Å². The van der Waals surface area contributed by atoms with Crippen LogP contribution in [0, 0.1) is 0 Å². The summed E-state index contributed by atoms with van der Waals surface area (Å²) in [5.41, 5.74) is 5.99. The highest BCUT2D eigenvalue weighted by Crippen LogP contribution is 2.28. The smallest absolute Gasteiger partial charge is 0.222 e. The first-order chi connectivity index (χ1) is 16.2. The van der Waals surface area contributed by atoms with E-state index in [1.165, 1.54) is 0 Å². The molecule has 0 N–H and O–H groups in total. The minimum atomic E-state index is 0.158. The average molecular weight is 439 g/mol. The maximum Gasteiger partial charge on any atom is 0.222 e. The number of benzene rings is 1. The van der Waals surface area contributed by atoms with Gasteiger partial charge in [-0.1, -0.05) is 43.3 Å². The number of fused-ring (bicyclic) bond motifs is 1. The number of hydrogen-bond acceptors (Lipinski definition) is 5. The lowest BCUT2D eigenvalue weighted by Crippen LogP contribution is -2.36. The van der Waals surface area contributed by atoms with Gasteiger partial charge in [-0.2, -0.15) is 5.10 Å². The average Bonchev–Trinajstić information content (AvgIpc) is 3.32. The van der Waals surface area contributed by atoms with E-state index < -0.39 is 0 Å². The number of carbonyl (C=O) groups is 1. The number of aromatic nitrogens is 5. The van der Waals surface area contributed by atoms with E-state index >= 15 is 0 Å². The van der Waals surface area contributed by atoms with Crippen LogP contribution in [0.2, 0.25) is 0 Å². The summed E-state index contributed by atoms with van der Waals surface area (Å²) >= 11 is 0. The molecule has 7 nitrogen and oxygen atoms in total. The summed E-state index contributed by atoms with van der Waals surface area (Å²) in [6.45, 7) is 3.76. The van der Waals surface area contributed by atoms with E-state index in [2.05, 4.69) is 17.1 Å². The predicted molar refractivity (Wildman–Crippen MR) is 125 cm³/mol. The number of amides is 1. The van der Waals surface area contributed by atoms with Crippen molar-refractivity contribution in [3.8, 4) is 11.4 Å². The summed E-state index contributed by atoms with van der Waals surface area (Å²) in [7, 11) is 0. The van der Waals surface area contributed by atoms with Crippen molar-refractivity contribution in [1.29, 1.82) is 0 Å². The van der Waals surface area contributed by atoms with E-state index in [1.807, 2.05) is 65.3 Å². The first-order valence-electron chi connectivity index (χ1n) is 11.3. The highest BCUT2D eigenvalue weighted by molar-refractivity contribution is 5.76. The highest BCUT2D eigenvalue weighted by Gasteiger charge is 2.26. The Bertz CT molecular complexity index is 1250. The maximum atomic E-state index is 12.3. The minimum absolute atomic E-state index is 0.158. The molecule has 0 radical (unpaired) electrons. The van der Waals surface area contributed by atoms with Gasteiger partial charge >= 0.3 is 0 Å². The number of nitrogens with zero attached hydrogens (tertiary/aromatic N) is 6. The van der Waals surface area contributed by atoms with Gasteiger partial charge in [-0.3, -0.25) is 14.5 Å². The molecule has 1 aliphatic rings. The third kappa shape index (κ3) is 4.67. The quantitative estimate of drug-likeness (QED) is 0.459. The van der Waals surface area contributed by atoms with Gasteiger partial charge < -0.3 is 4.90 Å². The lowest BCUT2D eigenvalue weighted by atomic mass is 10.00. The van der Waals surface area contributed by atoms with Crippen LogP contribution in [-0.2, 0) is 30.7 Å². The second-order valence-corrected chi connectivity index (χ2v) is 8.25. The summed E-state index contributed by atoms with van der Waals surface area (Å²) in [5, 5.41) is 4.82. The van der Waals surface area contributed by atoms with Gasteiger partial charge in [0.05, 0.1) is 24.5 Å². The van der Waals surface area contributed by atoms with E-state index in [-0.39, 0.29) is 5.91 Å². The van der Waals surface area contributed by atoms with Crippen molar-refractivity contribution in [3.05, 3.63) is 95.3 Å². The van der Waals surface area contributed by atoms with Crippen molar-refractivity contribution in [3.63, 3.8) is 0 Å². The van der Waals surface area contributed by atoms with Gasteiger partial charge in [0.2, 0.25) is 5.91 Å². The highest BCUT2D eigenvalue weighted by atomic mass is 16.2. The lowest BCUT2D eigenvalue weighted by molar-refractivity contribution is -0.131. The molecule has 7 heteroatoms. The fourth-order valence-electron chi connectivity index (χ4n) is 4.24. The first kappa shape index (κ1) is 21.0. The molecule has 0 spiro atoms. The Morgan fingerprint density at radius 3 is 2.67 bits per heavy atom. The standard InChI is InChI=1S/C26H26N6O/c1-2-25(33)31-13-10-21-23(18-31)28-24(15-19-7-4-3-5-8-19)29-26(21)22-11-14-32(30-22)17-20-9-6-12-27-16-20/h3-9,11-12,14,16H,2,10,13,15,17-18H2,1H3. The Kier molecular flexibility index (Phi) is 5.93. The monoisotopic (exact) mass is 438 g/mol. The van der Waals surface area contributed by atoms with E-state index in [1.54, 1.807) is 6.20 Å². The molecule has 5 rings (SSSR count). The third-order valence-electron chi connectivity index (χ3n) is 5.92. The largest absolute Gasteiger partial charge is 0.336 e. The molecule has 0 fully saturated rings. The van der Waals surface area contributed by atoms with Crippen LogP contribution in [0.25, 0.3) is 11.4 Å². The Hall–Kier alpha value is -3.87. The van der Waals surface area contributed by atoms with E-state index in [0.29, 0.717) is 32.5 Å². The van der Waals surface area contributed by atoms with Crippen molar-refractivity contribution in [1.82, 2.24) is 29.6 Å². The van der Waals surface area contributed by atoms with Crippen LogP contribution in [0.5, 0.6) is 0 Å². The summed E-state index contributed by atoms with van der Waals surface area (Å²) < 4.78 is 1.91. The molecule has 1 aromatic carbocycles. The second kappa shape index (κ2) is 9.32. The van der Waals surface area contributed by atoms with Crippen LogP contribution in [0.15, 0.2) is 67.1 Å². The first-order valence-corrected chi connectivity index (χ1v) is 11.3. The summed E-state index contributed by atoms with van der Waals surface area (Å²) in [6.07, 6.45) is 7.47. The van der Waals surface area contributed by atoms with E-state index in [4.69, 9.17) is 15.1 Å². The predicted octanol–water partition coefficient (Wildman–Crippen LogP) is 3.67. The number of rotatable bonds is 6. The fourth-order valence-corrected chi connectivity index (χ4v) is 4.24. The van der Waals surface area contributed by atoms with Crippen LogP contribution < -0.4 is 0 Å². The van der Waals surface area contributed by atoms with Crippen molar-refractivity contribution in [2.24, 2.45) is 0 Å². The van der Waals surface area contributed by atoms with E-state index in [0.717, 1.165) is 46.0 Å². The van der Waals surface area contributed by atoms with Crippen LogP contribution in [-0.4, -0.2) is 42.1 Å². The molecule has 0 bridgehead atoms. The zero-order chi connectivity index (χ0) is 22.6. The van der Waals surface area contributed by atoms with Crippen LogP contribution in [0.1, 0.15) is 41.6 Å². The van der Waals surface area contributed by atoms with Gasteiger partial charge in [0.15, 0.2) is 0 Å². The Balaban J connectivity index is 1.50. The summed E-state index contributed by atoms with van der Waals surface area (Å²) in [6, 6.07) is 16.2. The molecule has 0 unspecified atom stereocenters. The van der Waals surface area contributed by atoms with Gasteiger partial charge in [0.1, 0.15) is 11.5 Å². The van der Waals surface area contributed by atoms with Gasteiger partial charge in [0, 0.05) is 43.5 Å². The molecule has 4 heterocycles. The molecule has 0 aliphatic carbocycles. The minimum Gasteiger partial charge on any atom is -0.336 e. The molecule has 3 aromatic heterocycles.